The molecule has 0 heteroatoms. The number of fused-ring (bicyclic) bond motifs is 1. The molecule has 31 heavy (non-hydrogen) atoms. The van der Waals surface area contributed by atoms with Crippen LogP contribution in [0.3, 0.4) is 0 Å². The van der Waals surface area contributed by atoms with E-state index in [-0.39, 0.29) is 0 Å². The van der Waals surface area contributed by atoms with Crippen LogP contribution in [0, 0.1) is 5.92 Å². The van der Waals surface area contributed by atoms with Gasteiger partial charge in [-0.15, -0.1) is 0 Å². The molecule has 0 spiro atoms. The monoisotopic (exact) mass is 402 g/mol. The van der Waals surface area contributed by atoms with Gasteiger partial charge in [0.2, 0.25) is 0 Å². The molecule has 0 nitrogen and oxygen atoms in total. The Morgan fingerprint density at radius 2 is 1.61 bits per heavy atom. The van der Waals surface area contributed by atoms with Gasteiger partial charge in [0, 0.05) is 5.92 Å². The summed E-state index contributed by atoms with van der Waals surface area (Å²) >= 11 is 0. The molecule has 0 amide bonds. The number of allylic oxidation sites excluding steroid dienone is 4. The van der Waals surface area contributed by atoms with Gasteiger partial charge in [0.05, 0.1) is 0 Å². The standard InChI is InChI=1S/C31H30/c1-3-9-27-21-30(27)24-15-17-25(18-16-24)31(29(4-2)23-10-6-5-7-11-23)28-19-14-22-12-8-13-26(22)20-28/h5-8,10-11,13-21,27H,3-4,9,12H2,1-2H3/b31-29+. The van der Waals surface area contributed by atoms with Crippen molar-refractivity contribution in [1.82, 2.24) is 0 Å². The maximum atomic E-state index is 2.42. The average molecular weight is 403 g/mol. The highest BCUT2D eigenvalue weighted by molar-refractivity contribution is 5.99. The minimum atomic E-state index is 0.699. The molecule has 0 bridgehead atoms. The Morgan fingerprint density at radius 1 is 0.839 bits per heavy atom. The normalized spacial score (nSPS) is 17.2. The molecular weight excluding hydrogens is 372 g/mol. The SMILES string of the molecule is CCCC1C=C1c1ccc(/C(=C(/CC)c2ccccc2)c2ccc3c(c2)C=CC3)cc1. The zero-order chi connectivity index (χ0) is 21.2. The summed E-state index contributed by atoms with van der Waals surface area (Å²) in [6.45, 7) is 4.54. The van der Waals surface area contributed by atoms with E-state index in [9.17, 15) is 0 Å². The molecule has 0 aromatic heterocycles. The Hall–Kier alpha value is -3.12. The van der Waals surface area contributed by atoms with Crippen molar-refractivity contribution < 1.29 is 0 Å². The van der Waals surface area contributed by atoms with E-state index in [2.05, 4.69) is 105 Å². The molecule has 0 N–H and O–H groups in total. The third-order valence-corrected chi connectivity index (χ3v) is 6.62. The predicted octanol–water partition coefficient (Wildman–Crippen LogP) is 8.44. The second-order valence-electron chi connectivity index (χ2n) is 8.69. The maximum Gasteiger partial charge on any atom is 0.00271 e. The van der Waals surface area contributed by atoms with Crippen LogP contribution in [-0.2, 0) is 6.42 Å². The summed E-state index contributed by atoms with van der Waals surface area (Å²) in [7, 11) is 0. The van der Waals surface area contributed by atoms with Gasteiger partial charge in [-0.3, -0.25) is 0 Å². The van der Waals surface area contributed by atoms with Crippen LogP contribution in [0.2, 0.25) is 0 Å². The Bertz CT molecular complexity index is 1170. The summed E-state index contributed by atoms with van der Waals surface area (Å²) in [4.78, 5) is 0. The van der Waals surface area contributed by atoms with Crippen molar-refractivity contribution in [3.8, 4) is 0 Å². The van der Waals surface area contributed by atoms with E-state index in [0.717, 1.165) is 12.8 Å². The zero-order valence-corrected chi connectivity index (χ0v) is 18.6. The lowest BCUT2D eigenvalue weighted by atomic mass is 9.86. The third kappa shape index (κ3) is 3.95. The maximum absolute atomic E-state index is 2.42. The van der Waals surface area contributed by atoms with Gasteiger partial charge in [0.25, 0.3) is 0 Å². The minimum Gasteiger partial charge on any atom is -0.0795 e. The molecule has 1 unspecified atom stereocenters. The number of hydrogen-bond acceptors (Lipinski definition) is 0. The van der Waals surface area contributed by atoms with Crippen LogP contribution in [0.1, 0.15) is 66.5 Å². The molecule has 0 saturated carbocycles. The van der Waals surface area contributed by atoms with E-state index in [1.807, 2.05) is 0 Å². The smallest absolute Gasteiger partial charge is 0.00271 e. The molecule has 154 valence electrons. The largest absolute Gasteiger partial charge is 0.0795 e. The highest BCUT2D eigenvalue weighted by Gasteiger charge is 2.25. The third-order valence-electron chi connectivity index (χ3n) is 6.62. The Balaban J connectivity index is 1.60. The van der Waals surface area contributed by atoms with E-state index in [1.54, 1.807) is 0 Å². The van der Waals surface area contributed by atoms with Gasteiger partial charge in [-0.1, -0.05) is 105 Å². The first-order chi connectivity index (χ1) is 15.3. The lowest BCUT2D eigenvalue weighted by Crippen LogP contribution is -1.96. The molecule has 0 heterocycles. The van der Waals surface area contributed by atoms with E-state index in [4.69, 9.17) is 0 Å². The molecule has 0 radical (unpaired) electrons. The Labute approximate surface area is 186 Å². The van der Waals surface area contributed by atoms with Crippen LogP contribution in [0.4, 0.5) is 0 Å². The lowest BCUT2D eigenvalue weighted by molar-refractivity contribution is 0.759. The minimum absolute atomic E-state index is 0.699. The summed E-state index contributed by atoms with van der Waals surface area (Å²) in [6, 6.07) is 27.2. The van der Waals surface area contributed by atoms with Gasteiger partial charge in [0.1, 0.15) is 0 Å². The van der Waals surface area contributed by atoms with E-state index >= 15 is 0 Å². The van der Waals surface area contributed by atoms with E-state index < -0.39 is 0 Å². The Kier molecular flexibility index (Phi) is 5.47. The van der Waals surface area contributed by atoms with Crippen molar-refractivity contribution in [2.24, 2.45) is 5.92 Å². The van der Waals surface area contributed by atoms with Crippen LogP contribution in [0.25, 0.3) is 22.8 Å². The van der Waals surface area contributed by atoms with E-state index in [1.165, 1.54) is 62.9 Å². The molecule has 1 atom stereocenters. The van der Waals surface area contributed by atoms with Gasteiger partial charge >= 0.3 is 0 Å². The molecule has 3 aromatic carbocycles. The molecule has 3 aromatic rings. The number of rotatable bonds is 7. The number of hydrogen-bond donors (Lipinski definition) is 0. The lowest BCUT2D eigenvalue weighted by Gasteiger charge is -2.17. The second kappa shape index (κ2) is 8.55. The molecule has 5 rings (SSSR count). The first-order valence-electron chi connectivity index (χ1n) is 11.7. The predicted molar refractivity (Wildman–Crippen MR) is 135 cm³/mol. The highest BCUT2D eigenvalue weighted by atomic mass is 14.3. The van der Waals surface area contributed by atoms with Crippen molar-refractivity contribution in [2.45, 2.75) is 39.5 Å². The van der Waals surface area contributed by atoms with Crippen molar-refractivity contribution in [3.63, 3.8) is 0 Å². The average Bonchev–Trinajstić information content (AvgIpc) is 3.42. The van der Waals surface area contributed by atoms with Crippen LogP contribution < -0.4 is 0 Å². The summed E-state index contributed by atoms with van der Waals surface area (Å²) < 4.78 is 0. The van der Waals surface area contributed by atoms with Crippen LogP contribution in [-0.4, -0.2) is 0 Å². The summed E-state index contributed by atoms with van der Waals surface area (Å²) in [5.41, 5.74) is 12.4. The molecule has 0 saturated heterocycles. The Morgan fingerprint density at radius 3 is 2.35 bits per heavy atom. The summed E-state index contributed by atoms with van der Waals surface area (Å²) in [6.07, 6.45) is 11.5. The van der Waals surface area contributed by atoms with Crippen molar-refractivity contribution in [2.75, 3.05) is 0 Å². The molecule has 2 aliphatic carbocycles. The van der Waals surface area contributed by atoms with Crippen molar-refractivity contribution >= 4 is 22.8 Å². The topological polar surface area (TPSA) is 0 Å². The van der Waals surface area contributed by atoms with E-state index in [0.29, 0.717) is 5.92 Å². The first kappa shape index (κ1) is 19.8. The van der Waals surface area contributed by atoms with Crippen molar-refractivity contribution in [3.05, 3.63) is 118 Å². The second-order valence-corrected chi connectivity index (χ2v) is 8.69. The van der Waals surface area contributed by atoms with Gasteiger partial charge < -0.3 is 0 Å². The molecule has 0 fully saturated rings. The summed E-state index contributed by atoms with van der Waals surface area (Å²) in [5, 5.41) is 0. The van der Waals surface area contributed by atoms with Gasteiger partial charge in [0.15, 0.2) is 0 Å². The highest BCUT2D eigenvalue weighted by Crippen LogP contribution is 2.42. The first-order valence-corrected chi connectivity index (χ1v) is 11.7. The summed E-state index contributed by atoms with van der Waals surface area (Å²) in [5.74, 6) is 0.699. The zero-order valence-electron chi connectivity index (χ0n) is 18.6. The fraction of sp³-hybridized carbons (Fsp3) is 0.226. The molecular formula is C31H30. The van der Waals surface area contributed by atoms with Gasteiger partial charge in [-0.25, -0.2) is 0 Å². The van der Waals surface area contributed by atoms with Crippen LogP contribution in [0.15, 0.2) is 84.9 Å². The van der Waals surface area contributed by atoms with Gasteiger partial charge in [-0.05, 0) is 75.4 Å². The van der Waals surface area contributed by atoms with Crippen molar-refractivity contribution in [1.29, 1.82) is 0 Å². The number of benzene rings is 3. The molecule has 0 aliphatic heterocycles. The quantitative estimate of drug-likeness (QED) is 0.348. The fourth-order valence-electron chi connectivity index (χ4n) is 4.94. The van der Waals surface area contributed by atoms with Crippen LogP contribution in [0.5, 0.6) is 0 Å². The van der Waals surface area contributed by atoms with Crippen LogP contribution >= 0.6 is 0 Å². The van der Waals surface area contributed by atoms with Gasteiger partial charge in [-0.2, -0.15) is 0 Å². The molecule has 2 aliphatic rings. The fourth-order valence-corrected chi connectivity index (χ4v) is 4.94.